The number of rotatable bonds is 6. The van der Waals surface area contributed by atoms with Gasteiger partial charge in [-0.1, -0.05) is 43.0 Å². The Kier molecular flexibility index (Phi) is 5.85. The molecule has 3 aromatic heterocycles. The Balaban J connectivity index is 1.60. The number of hydrogen-bond acceptors (Lipinski definition) is 5. The van der Waals surface area contributed by atoms with Crippen LogP contribution in [0.25, 0.3) is 33.4 Å². The molecule has 180 valence electrons. The molecule has 0 saturated heterocycles. The number of hydrogen-bond donors (Lipinski definition) is 2. The second kappa shape index (κ2) is 9.14. The van der Waals surface area contributed by atoms with Gasteiger partial charge in [0.1, 0.15) is 17.8 Å². The molecule has 0 aliphatic rings. The van der Waals surface area contributed by atoms with Crippen LogP contribution in [-0.4, -0.2) is 30.2 Å². The molecular weight excluding hydrogens is 450 g/mol. The summed E-state index contributed by atoms with van der Waals surface area (Å²) >= 11 is 0. The summed E-state index contributed by atoms with van der Waals surface area (Å²) in [5, 5.41) is 8.17. The molecule has 0 unspecified atom stereocenters. The highest BCUT2D eigenvalue weighted by Gasteiger charge is 2.21. The molecule has 8 heteroatoms. The van der Waals surface area contributed by atoms with Crippen molar-refractivity contribution < 1.29 is 4.79 Å². The average Bonchev–Trinajstić information content (AvgIpc) is 3.35. The van der Waals surface area contributed by atoms with Gasteiger partial charge in [-0.2, -0.15) is 5.10 Å². The first-order valence-corrected chi connectivity index (χ1v) is 11.6. The number of nitrogens with two attached hydrogens (primary N) is 1. The van der Waals surface area contributed by atoms with Gasteiger partial charge in [0, 0.05) is 24.0 Å². The maximum absolute atomic E-state index is 11.7. The van der Waals surface area contributed by atoms with Gasteiger partial charge in [0.25, 0.3) is 0 Å². The minimum atomic E-state index is -0.253. The summed E-state index contributed by atoms with van der Waals surface area (Å²) in [6.07, 6.45) is 2.73. The lowest BCUT2D eigenvalue weighted by Crippen LogP contribution is -2.06. The highest BCUT2D eigenvalue weighted by atomic mass is 16.1. The van der Waals surface area contributed by atoms with E-state index in [1.54, 1.807) is 0 Å². The van der Waals surface area contributed by atoms with Crippen molar-refractivity contribution in [1.82, 2.24) is 24.3 Å². The number of fused-ring (bicyclic) bond motifs is 1. The van der Waals surface area contributed by atoms with Crippen LogP contribution in [0, 0.1) is 13.8 Å². The summed E-state index contributed by atoms with van der Waals surface area (Å²) in [6, 6.07) is 18.2. The largest absolute Gasteiger partial charge is 0.383 e. The summed E-state index contributed by atoms with van der Waals surface area (Å²) in [6.45, 7) is 8.27. The van der Waals surface area contributed by atoms with Crippen LogP contribution in [0.5, 0.6) is 0 Å². The zero-order chi connectivity index (χ0) is 25.4. The van der Waals surface area contributed by atoms with E-state index < -0.39 is 0 Å². The molecule has 0 radical (unpaired) electrons. The fourth-order valence-electron chi connectivity index (χ4n) is 4.58. The van der Waals surface area contributed by atoms with Crippen molar-refractivity contribution in [3.05, 3.63) is 90.5 Å². The number of nitrogen functional groups attached to an aromatic ring is 1. The van der Waals surface area contributed by atoms with Gasteiger partial charge in [-0.15, -0.1) is 0 Å². The first-order valence-electron chi connectivity index (χ1n) is 11.6. The zero-order valence-corrected chi connectivity index (χ0v) is 20.5. The van der Waals surface area contributed by atoms with E-state index in [1.165, 1.54) is 12.4 Å². The number of carbonyl (C=O) groups is 1. The monoisotopic (exact) mass is 477 g/mol. The average molecular weight is 478 g/mol. The van der Waals surface area contributed by atoms with E-state index in [0.717, 1.165) is 50.4 Å². The molecule has 5 aromatic rings. The highest BCUT2D eigenvalue weighted by molar-refractivity contribution is 6.08. The van der Waals surface area contributed by atoms with Gasteiger partial charge in [-0.25, -0.2) is 9.97 Å². The first kappa shape index (κ1) is 23.0. The molecule has 1 amide bonds. The third-order valence-electron chi connectivity index (χ3n) is 6.29. The molecule has 0 aliphatic heterocycles. The van der Waals surface area contributed by atoms with Crippen LogP contribution in [0.4, 0.5) is 11.5 Å². The van der Waals surface area contributed by atoms with Crippen molar-refractivity contribution in [3.63, 3.8) is 0 Å². The second-order valence-electron chi connectivity index (χ2n) is 8.79. The van der Waals surface area contributed by atoms with E-state index in [-0.39, 0.29) is 5.91 Å². The van der Waals surface area contributed by atoms with Crippen LogP contribution in [0.1, 0.15) is 17.0 Å². The lowest BCUT2D eigenvalue weighted by Gasteiger charge is -2.11. The zero-order valence-electron chi connectivity index (χ0n) is 20.5. The van der Waals surface area contributed by atoms with Gasteiger partial charge in [0.15, 0.2) is 0 Å². The van der Waals surface area contributed by atoms with E-state index in [4.69, 9.17) is 5.73 Å². The van der Waals surface area contributed by atoms with Gasteiger partial charge < -0.3 is 15.6 Å². The van der Waals surface area contributed by atoms with E-state index >= 15 is 0 Å². The number of aryl methyl sites for hydroxylation is 3. The molecule has 3 N–H and O–H groups in total. The van der Waals surface area contributed by atoms with Crippen molar-refractivity contribution in [2.75, 3.05) is 11.1 Å². The van der Waals surface area contributed by atoms with Crippen molar-refractivity contribution >= 4 is 28.4 Å². The molecule has 36 heavy (non-hydrogen) atoms. The number of carbonyl (C=O) groups excluding carboxylic acids is 1. The smallest absolute Gasteiger partial charge is 0.247 e. The molecule has 5 rings (SSSR count). The fraction of sp³-hybridized carbons (Fsp3) is 0.143. The van der Waals surface area contributed by atoms with Crippen molar-refractivity contribution in [2.24, 2.45) is 7.05 Å². The molecular formula is C28H27N7O. The quantitative estimate of drug-likeness (QED) is 0.340. The number of benzene rings is 2. The molecule has 0 aliphatic carbocycles. The number of nitrogens with zero attached hydrogens (tertiary/aromatic N) is 5. The highest BCUT2D eigenvalue weighted by Crippen LogP contribution is 2.41. The lowest BCUT2D eigenvalue weighted by molar-refractivity contribution is -0.111. The predicted molar refractivity (Wildman–Crippen MR) is 143 cm³/mol. The van der Waals surface area contributed by atoms with Crippen LogP contribution < -0.4 is 11.1 Å². The van der Waals surface area contributed by atoms with Gasteiger partial charge in [-0.3, -0.25) is 9.48 Å². The van der Waals surface area contributed by atoms with E-state index in [1.807, 2.05) is 47.5 Å². The number of anilines is 2. The maximum Gasteiger partial charge on any atom is 0.247 e. The maximum atomic E-state index is 11.7. The summed E-state index contributed by atoms with van der Waals surface area (Å²) in [5.41, 5.74) is 15.0. The van der Waals surface area contributed by atoms with E-state index in [2.05, 4.69) is 64.2 Å². The third-order valence-corrected chi connectivity index (χ3v) is 6.29. The summed E-state index contributed by atoms with van der Waals surface area (Å²) in [7, 11) is 1.97. The first-order chi connectivity index (χ1) is 17.4. The van der Waals surface area contributed by atoms with Gasteiger partial charge in [0.05, 0.1) is 23.3 Å². The molecule has 0 spiro atoms. The molecule has 2 aromatic carbocycles. The Morgan fingerprint density at radius 3 is 2.39 bits per heavy atom. The van der Waals surface area contributed by atoms with Gasteiger partial charge >= 0.3 is 0 Å². The Hall–Kier alpha value is -4.72. The van der Waals surface area contributed by atoms with E-state index in [9.17, 15) is 4.79 Å². The Morgan fingerprint density at radius 1 is 1.06 bits per heavy atom. The third kappa shape index (κ3) is 4.13. The second-order valence-corrected chi connectivity index (χ2v) is 8.79. The number of nitrogens with one attached hydrogen (secondary N) is 1. The van der Waals surface area contributed by atoms with Crippen LogP contribution in [0.3, 0.4) is 0 Å². The minimum Gasteiger partial charge on any atom is -0.383 e. The molecule has 0 fully saturated rings. The molecule has 0 saturated carbocycles. The van der Waals surface area contributed by atoms with Crippen molar-refractivity contribution in [3.8, 4) is 22.4 Å². The number of aromatic nitrogens is 5. The predicted octanol–water partition coefficient (Wildman–Crippen LogP) is 4.87. The normalized spacial score (nSPS) is 11.1. The SMILES string of the molecule is C=CC(=O)Nc1ccc(-c2c(-c3ccc(Cn4nc(C)cc4C)cc3)c3c(N)ncnc3n2C)cc1. The Labute approximate surface area is 209 Å². The van der Waals surface area contributed by atoms with Crippen LogP contribution in [-0.2, 0) is 18.4 Å². The van der Waals surface area contributed by atoms with Crippen molar-refractivity contribution in [1.29, 1.82) is 0 Å². The van der Waals surface area contributed by atoms with Crippen LogP contribution in [0.15, 0.2) is 73.6 Å². The number of amides is 1. The van der Waals surface area contributed by atoms with Crippen LogP contribution in [0.2, 0.25) is 0 Å². The topological polar surface area (TPSA) is 104 Å². The van der Waals surface area contributed by atoms with Gasteiger partial charge in [0.2, 0.25) is 5.91 Å². The Bertz CT molecular complexity index is 1590. The van der Waals surface area contributed by atoms with Crippen molar-refractivity contribution in [2.45, 2.75) is 20.4 Å². The molecule has 0 atom stereocenters. The van der Waals surface area contributed by atoms with Crippen LogP contribution >= 0.6 is 0 Å². The van der Waals surface area contributed by atoms with Gasteiger partial charge in [-0.05, 0) is 54.8 Å². The standard InChI is InChI=1S/C28H27N7O/c1-5-23(36)32-22-12-10-21(11-13-22)26-24(25-27(29)30-16-31-28(25)34(26)4)20-8-6-19(7-9-20)15-35-18(3)14-17(2)33-35/h5-14,16H,1,15H2,2-4H3,(H,32,36)(H2,29,30,31). The molecule has 8 nitrogen and oxygen atoms in total. The van der Waals surface area contributed by atoms with E-state index in [0.29, 0.717) is 18.1 Å². The minimum absolute atomic E-state index is 0.253. The molecule has 0 bridgehead atoms. The lowest BCUT2D eigenvalue weighted by atomic mass is 9.97. The fourth-order valence-corrected chi connectivity index (χ4v) is 4.58. The summed E-state index contributed by atoms with van der Waals surface area (Å²) < 4.78 is 4.04. The summed E-state index contributed by atoms with van der Waals surface area (Å²) in [4.78, 5) is 20.5. The molecule has 3 heterocycles. The Morgan fingerprint density at radius 2 is 1.75 bits per heavy atom. The summed E-state index contributed by atoms with van der Waals surface area (Å²) in [5.74, 6) is 0.176.